The van der Waals surface area contributed by atoms with Crippen LogP contribution in [-0.4, -0.2) is 117 Å². The van der Waals surface area contributed by atoms with E-state index in [4.69, 9.17) is 40.1 Å². The van der Waals surface area contributed by atoms with Crippen molar-refractivity contribution >= 4 is 73.8 Å². The molecule has 0 saturated carbocycles. The van der Waals surface area contributed by atoms with Crippen molar-refractivity contribution in [1.82, 2.24) is 35.0 Å². The molecule has 51 heavy (non-hydrogen) atoms. The predicted octanol–water partition coefficient (Wildman–Crippen LogP) is 3.63. The molecule has 2 saturated heterocycles. The summed E-state index contributed by atoms with van der Waals surface area (Å²) in [4.78, 5) is 63.0. The molecule has 0 bridgehead atoms. The van der Waals surface area contributed by atoms with Crippen molar-refractivity contribution in [3.63, 3.8) is 0 Å². The lowest BCUT2D eigenvalue weighted by molar-refractivity contribution is -0.157. The molecule has 13 nitrogen and oxygen atoms in total. The molecule has 3 aromatic rings. The van der Waals surface area contributed by atoms with Gasteiger partial charge in [0.1, 0.15) is 18.0 Å². The Kier molecular flexibility index (Phi) is 10.7. The van der Waals surface area contributed by atoms with Crippen molar-refractivity contribution in [2.45, 2.75) is 35.9 Å². The average Bonchev–Trinajstić information content (AvgIpc) is 3.65. The number of anilines is 1. The van der Waals surface area contributed by atoms with Gasteiger partial charge < -0.3 is 30.5 Å². The largest absolute Gasteiger partial charge is 0.414 e. The first-order chi connectivity index (χ1) is 24.4. The minimum absolute atomic E-state index is 0.101. The van der Waals surface area contributed by atoms with Crippen LogP contribution in [-0.2, 0) is 22.6 Å². The monoisotopic (exact) mass is 750 g/mol. The van der Waals surface area contributed by atoms with Crippen LogP contribution in [0, 0.1) is 12.3 Å². The van der Waals surface area contributed by atoms with E-state index in [1.165, 1.54) is 21.2 Å². The lowest BCUT2D eigenvalue weighted by Crippen LogP contribution is -2.66. The molecule has 1 aromatic heterocycles. The van der Waals surface area contributed by atoms with Gasteiger partial charge in [0.25, 0.3) is 0 Å². The van der Waals surface area contributed by atoms with Gasteiger partial charge >= 0.3 is 12.1 Å². The number of hydrogen-bond donors (Lipinski definition) is 2. The fraction of sp³-hybridized carbons (Fsp3) is 0.343. The normalized spacial score (nSPS) is 21.7. The van der Waals surface area contributed by atoms with Gasteiger partial charge in [-0.15, -0.1) is 29.6 Å². The van der Waals surface area contributed by atoms with Gasteiger partial charge in [-0.25, -0.2) is 19.6 Å². The van der Waals surface area contributed by atoms with Gasteiger partial charge in [0.15, 0.2) is 5.13 Å². The van der Waals surface area contributed by atoms with Gasteiger partial charge in [0.2, 0.25) is 11.8 Å². The van der Waals surface area contributed by atoms with Crippen LogP contribution in [0.15, 0.2) is 66.3 Å². The van der Waals surface area contributed by atoms with Crippen LogP contribution in [0.4, 0.5) is 14.7 Å². The quantitative estimate of drug-likeness (QED) is 0.249. The van der Waals surface area contributed by atoms with E-state index in [0.29, 0.717) is 16.4 Å². The van der Waals surface area contributed by atoms with Crippen molar-refractivity contribution in [2.75, 3.05) is 46.0 Å². The van der Waals surface area contributed by atoms with E-state index in [1.807, 2.05) is 18.2 Å². The number of alkyl halides is 2. The number of nitrogens with one attached hydrogen (secondary N) is 1. The number of carbonyl (C=O) groups is 4. The third-order valence-electron chi connectivity index (χ3n) is 8.77. The number of para-hydroxylation sites is 1. The molecule has 5 amide bonds. The molecule has 4 atom stereocenters. The van der Waals surface area contributed by atoms with Crippen LogP contribution in [0.1, 0.15) is 11.1 Å². The smallest absolute Gasteiger partial charge is 0.410 e. The number of aromatic nitrogens is 1. The summed E-state index contributed by atoms with van der Waals surface area (Å²) in [7, 11) is 3.17. The number of nitrogen functional groups attached to an aromatic ring is 1. The maximum Gasteiger partial charge on any atom is 0.414 e. The molecule has 266 valence electrons. The lowest BCUT2D eigenvalue weighted by Gasteiger charge is -2.46. The van der Waals surface area contributed by atoms with E-state index in [-0.39, 0.29) is 56.3 Å². The number of thiazole rings is 1. The summed E-state index contributed by atoms with van der Waals surface area (Å²) in [5, 5.41) is 5.48. The number of allylic oxidation sites excluding steroid dienone is 2. The summed E-state index contributed by atoms with van der Waals surface area (Å²) in [5.41, 5.74) is 9.04. The Balaban J connectivity index is 1.29. The number of hydrazine groups is 1. The van der Waals surface area contributed by atoms with Crippen molar-refractivity contribution in [3.05, 3.63) is 77.4 Å². The van der Waals surface area contributed by atoms with Crippen molar-refractivity contribution in [1.29, 1.82) is 0 Å². The molecule has 3 aliphatic rings. The Morgan fingerprint density at radius 3 is 2.63 bits per heavy atom. The average molecular weight is 752 g/mol. The molecule has 2 fully saturated rings. The first-order valence-electron chi connectivity index (χ1n) is 16.1. The van der Waals surface area contributed by atoms with Gasteiger partial charge in [-0.1, -0.05) is 59.8 Å². The Hall–Kier alpha value is -4.81. The summed E-state index contributed by atoms with van der Waals surface area (Å²) in [5.74, 6) is 2.29. The van der Waals surface area contributed by atoms with Crippen molar-refractivity contribution < 1.29 is 23.9 Å². The molecule has 3 N–H and O–H groups in total. The molecule has 0 spiro atoms. The van der Waals surface area contributed by atoms with Gasteiger partial charge in [0.05, 0.1) is 40.6 Å². The highest BCUT2D eigenvalue weighted by atomic mass is 35.5. The number of amides is 5. The fourth-order valence-corrected chi connectivity index (χ4v) is 7.45. The Labute approximate surface area is 309 Å². The van der Waals surface area contributed by atoms with Crippen LogP contribution in [0.2, 0.25) is 0 Å². The highest BCUT2D eigenvalue weighted by molar-refractivity contribution is 7.22. The predicted molar refractivity (Wildman–Crippen MR) is 196 cm³/mol. The summed E-state index contributed by atoms with van der Waals surface area (Å²) >= 11 is 13.8. The number of rotatable bonds is 9. The van der Waals surface area contributed by atoms with E-state index < -0.39 is 29.7 Å². The maximum absolute atomic E-state index is 14.4. The molecule has 2 aliphatic heterocycles. The summed E-state index contributed by atoms with van der Waals surface area (Å²) in [6.45, 7) is 0.167. The number of benzene rings is 2. The van der Waals surface area contributed by atoms with Crippen molar-refractivity contribution in [3.8, 4) is 18.1 Å². The number of ether oxygens (including phenoxy) is 1. The number of hydrogen-bond acceptors (Lipinski definition) is 9. The SMILES string of the molecule is C#CCN(C(=O)NCC1=CC(Cl)C(Cl)C=C1)N1CC(=O)N2[C@@H](Cc3ccc(OC(=O)N(C)C)cc3)C(=O)N(Cc3cccc4sc(N)nc34)C[C@@H]21. The second-order valence-corrected chi connectivity index (χ2v) is 14.5. The van der Waals surface area contributed by atoms with Gasteiger partial charge in [-0.3, -0.25) is 9.59 Å². The Morgan fingerprint density at radius 1 is 1.16 bits per heavy atom. The lowest BCUT2D eigenvalue weighted by atomic mass is 9.99. The zero-order valence-corrected chi connectivity index (χ0v) is 30.2. The zero-order valence-electron chi connectivity index (χ0n) is 27.9. The Morgan fingerprint density at radius 2 is 1.92 bits per heavy atom. The second kappa shape index (κ2) is 15.2. The topological polar surface area (TPSA) is 145 Å². The number of nitrogens with zero attached hydrogens (tertiary/aromatic N) is 6. The summed E-state index contributed by atoms with van der Waals surface area (Å²) < 4.78 is 6.24. The molecule has 6 rings (SSSR count). The molecule has 16 heteroatoms. The first kappa shape index (κ1) is 36.0. The molecule has 2 aromatic carbocycles. The number of nitrogens with two attached hydrogens (primary N) is 1. The van der Waals surface area contributed by atoms with E-state index in [0.717, 1.165) is 21.4 Å². The number of urea groups is 1. The van der Waals surface area contributed by atoms with Crippen LogP contribution in [0.5, 0.6) is 5.75 Å². The van der Waals surface area contributed by atoms with Gasteiger partial charge in [0, 0.05) is 33.6 Å². The molecule has 0 radical (unpaired) electrons. The van der Waals surface area contributed by atoms with Gasteiger partial charge in [-0.05, 0) is 34.9 Å². The number of carbonyl (C=O) groups excluding carboxylic acids is 4. The number of fused-ring (bicyclic) bond motifs is 2. The minimum atomic E-state index is -0.909. The van der Waals surface area contributed by atoms with Crippen LogP contribution < -0.4 is 15.8 Å². The van der Waals surface area contributed by atoms with Crippen LogP contribution >= 0.6 is 34.5 Å². The molecule has 1 aliphatic carbocycles. The van der Waals surface area contributed by atoms with E-state index in [1.54, 1.807) is 71.4 Å². The molecular formula is C35H36Cl2N8O5S. The van der Waals surface area contributed by atoms with Crippen LogP contribution in [0.25, 0.3) is 10.2 Å². The number of terminal acetylenes is 1. The maximum atomic E-state index is 14.4. The zero-order chi connectivity index (χ0) is 36.4. The second-order valence-electron chi connectivity index (χ2n) is 12.5. The van der Waals surface area contributed by atoms with Gasteiger partial charge in [-0.2, -0.15) is 5.01 Å². The summed E-state index contributed by atoms with van der Waals surface area (Å²) in [6, 6.07) is 11.1. The molecule has 3 heterocycles. The Bertz CT molecular complexity index is 1940. The highest BCUT2D eigenvalue weighted by Gasteiger charge is 2.52. The van der Waals surface area contributed by atoms with E-state index in [9.17, 15) is 19.2 Å². The van der Waals surface area contributed by atoms with Crippen molar-refractivity contribution in [2.24, 2.45) is 0 Å². The first-order valence-corrected chi connectivity index (χ1v) is 17.8. The third-order valence-corrected chi connectivity index (χ3v) is 10.6. The highest BCUT2D eigenvalue weighted by Crippen LogP contribution is 2.33. The molecular weight excluding hydrogens is 715 g/mol. The van der Waals surface area contributed by atoms with Crippen LogP contribution in [0.3, 0.4) is 0 Å². The minimum Gasteiger partial charge on any atom is -0.410 e. The summed E-state index contributed by atoms with van der Waals surface area (Å²) in [6.07, 6.45) is 10.0. The third kappa shape index (κ3) is 7.77. The number of piperazine rings is 1. The fourth-order valence-electron chi connectivity index (χ4n) is 6.28. The standard InChI is InChI=1S/C35H36Cl2N8O5S/c1-4-14-43(34(48)39-17-22-10-13-25(36)26(37)15-22)44-20-30(46)45-27(16-21-8-11-24(12-9-21)50-35(49)41(2)3)32(47)42(19-29(44)45)18-23-6-5-7-28-31(23)40-33(38)51-28/h1,5-13,15,25-27,29H,14,16-20H2,2-3H3,(H2,38,40)(H,39,48)/t25?,26?,27-,29+/m0/s1. The number of halogens is 2. The molecule has 2 unspecified atom stereocenters. The van der Waals surface area contributed by atoms with E-state index >= 15 is 0 Å². The van der Waals surface area contributed by atoms with E-state index in [2.05, 4.69) is 16.2 Å².